The van der Waals surface area contributed by atoms with Crippen LogP contribution in [0.4, 0.5) is 5.69 Å². The Labute approximate surface area is 118 Å². The third-order valence-corrected chi connectivity index (χ3v) is 3.01. The lowest BCUT2D eigenvalue weighted by molar-refractivity contribution is -0.115. The minimum atomic E-state index is -0.229. The van der Waals surface area contributed by atoms with Crippen molar-refractivity contribution in [2.24, 2.45) is 0 Å². The smallest absolute Gasteiger partial charge is 0.228 e. The lowest BCUT2D eigenvalue weighted by atomic mass is 10.1. The Morgan fingerprint density at radius 1 is 1.11 bits per heavy atom. The average molecular weight is 322 g/mol. The number of carbonyl (C=O) groups excluding carboxylic acids is 1. The summed E-state index contributed by atoms with van der Waals surface area (Å²) in [7, 11) is 0. The van der Waals surface area contributed by atoms with Gasteiger partial charge in [-0.2, -0.15) is 0 Å². The van der Waals surface area contributed by atoms with Gasteiger partial charge in [-0.3, -0.25) is 4.79 Å². The molecule has 1 amide bonds. The summed E-state index contributed by atoms with van der Waals surface area (Å²) in [6.07, 6.45) is 0.125. The van der Waals surface area contributed by atoms with E-state index in [2.05, 4.69) is 21.2 Å². The van der Waals surface area contributed by atoms with Gasteiger partial charge in [0, 0.05) is 10.2 Å². The van der Waals surface area contributed by atoms with Crippen LogP contribution >= 0.6 is 15.9 Å². The molecular weight excluding hydrogens is 310 g/mol. The molecule has 5 heteroatoms. The molecule has 0 unspecified atom stereocenters. The zero-order valence-corrected chi connectivity index (χ0v) is 11.5. The van der Waals surface area contributed by atoms with Crippen LogP contribution in [0.3, 0.4) is 0 Å². The molecule has 0 fully saturated rings. The largest absolute Gasteiger partial charge is 0.504 e. The van der Waals surface area contributed by atoms with Crippen LogP contribution < -0.4 is 5.32 Å². The molecule has 2 rings (SSSR count). The van der Waals surface area contributed by atoms with E-state index < -0.39 is 0 Å². The fourth-order valence-corrected chi connectivity index (χ4v) is 2.04. The molecule has 2 aromatic rings. The summed E-state index contributed by atoms with van der Waals surface area (Å²) in [4.78, 5) is 11.8. The molecule has 0 radical (unpaired) electrons. The Morgan fingerprint density at radius 2 is 1.89 bits per heavy atom. The third kappa shape index (κ3) is 3.72. The fraction of sp³-hybridized carbons (Fsp3) is 0.0714. The predicted molar refractivity (Wildman–Crippen MR) is 76.2 cm³/mol. The van der Waals surface area contributed by atoms with Gasteiger partial charge in [0.05, 0.1) is 6.42 Å². The van der Waals surface area contributed by atoms with Crippen molar-refractivity contribution < 1.29 is 15.0 Å². The normalized spacial score (nSPS) is 10.2. The van der Waals surface area contributed by atoms with Crippen molar-refractivity contribution in [1.29, 1.82) is 0 Å². The van der Waals surface area contributed by atoms with Crippen molar-refractivity contribution in [2.45, 2.75) is 6.42 Å². The summed E-state index contributed by atoms with van der Waals surface area (Å²) in [6, 6.07) is 11.6. The summed E-state index contributed by atoms with van der Waals surface area (Å²) >= 11 is 3.32. The molecule has 0 spiro atoms. The van der Waals surface area contributed by atoms with Crippen LogP contribution in [0, 0.1) is 0 Å². The molecule has 2 aromatic carbocycles. The highest BCUT2D eigenvalue weighted by atomic mass is 79.9. The summed E-state index contributed by atoms with van der Waals surface area (Å²) in [5, 5.41) is 21.3. The highest BCUT2D eigenvalue weighted by Crippen LogP contribution is 2.25. The van der Waals surface area contributed by atoms with Crippen LogP contribution in [0.2, 0.25) is 0 Å². The third-order valence-electron chi connectivity index (χ3n) is 2.51. The maximum absolute atomic E-state index is 11.8. The van der Waals surface area contributed by atoms with Crippen LogP contribution in [0.15, 0.2) is 46.9 Å². The molecule has 0 aliphatic heterocycles. The van der Waals surface area contributed by atoms with E-state index in [1.54, 1.807) is 18.2 Å². The molecule has 0 bridgehead atoms. The number of hydrogen-bond donors (Lipinski definition) is 3. The second kappa shape index (κ2) is 5.75. The standard InChI is InChI=1S/C14H12BrNO3/c15-10-2-1-3-11(8-10)16-14(19)7-9-4-5-12(17)13(18)6-9/h1-6,8,17-18H,7H2,(H,16,19). The van der Waals surface area contributed by atoms with Gasteiger partial charge in [0.25, 0.3) is 0 Å². The van der Waals surface area contributed by atoms with E-state index in [-0.39, 0.29) is 23.8 Å². The fourth-order valence-electron chi connectivity index (χ4n) is 1.64. The molecule has 3 N–H and O–H groups in total. The number of halogens is 1. The predicted octanol–water partition coefficient (Wildman–Crippen LogP) is 3.04. The topological polar surface area (TPSA) is 69.6 Å². The number of benzene rings is 2. The molecule has 98 valence electrons. The minimum Gasteiger partial charge on any atom is -0.504 e. The Kier molecular flexibility index (Phi) is 4.06. The van der Waals surface area contributed by atoms with Crippen LogP contribution in [0.5, 0.6) is 11.5 Å². The number of phenols is 2. The molecule has 0 aliphatic rings. The van der Waals surface area contributed by atoms with Gasteiger partial charge >= 0.3 is 0 Å². The average Bonchev–Trinajstić information content (AvgIpc) is 2.34. The van der Waals surface area contributed by atoms with E-state index in [4.69, 9.17) is 0 Å². The molecule has 4 nitrogen and oxygen atoms in total. The SMILES string of the molecule is O=C(Cc1ccc(O)c(O)c1)Nc1cccc(Br)c1. The van der Waals surface area contributed by atoms with E-state index in [1.165, 1.54) is 12.1 Å². The van der Waals surface area contributed by atoms with Crippen molar-refractivity contribution in [3.8, 4) is 11.5 Å². The van der Waals surface area contributed by atoms with Crippen molar-refractivity contribution in [1.82, 2.24) is 0 Å². The first-order valence-electron chi connectivity index (χ1n) is 5.61. The first-order chi connectivity index (χ1) is 9.04. The number of amides is 1. The highest BCUT2D eigenvalue weighted by Gasteiger charge is 2.07. The second-order valence-corrected chi connectivity index (χ2v) is 4.97. The van der Waals surface area contributed by atoms with E-state index in [9.17, 15) is 15.0 Å². The van der Waals surface area contributed by atoms with Crippen molar-refractivity contribution in [3.63, 3.8) is 0 Å². The van der Waals surface area contributed by atoms with Gasteiger partial charge in [0.1, 0.15) is 0 Å². The van der Waals surface area contributed by atoms with Gasteiger partial charge in [0.2, 0.25) is 5.91 Å². The van der Waals surface area contributed by atoms with E-state index in [0.29, 0.717) is 11.3 Å². The molecule has 0 aliphatic carbocycles. The Bertz CT molecular complexity index is 613. The van der Waals surface area contributed by atoms with E-state index >= 15 is 0 Å². The molecule has 0 saturated carbocycles. The number of anilines is 1. The number of nitrogens with one attached hydrogen (secondary N) is 1. The first-order valence-corrected chi connectivity index (χ1v) is 6.40. The second-order valence-electron chi connectivity index (χ2n) is 4.06. The molecule has 0 saturated heterocycles. The van der Waals surface area contributed by atoms with Gasteiger partial charge < -0.3 is 15.5 Å². The maximum atomic E-state index is 11.8. The number of aromatic hydroxyl groups is 2. The zero-order valence-electron chi connectivity index (χ0n) is 9.93. The molecule has 19 heavy (non-hydrogen) atoms. The lowest BCUT2D eigenvalue weighted by Gasteiger charge is -2.06. The zero-order chi connectivity index (χ0) is 13.8. The monoisotopic (exact) mass is 321 g/mol. The Balaban J connectivity index is 2.03. The van der Waals surface area contributed by atoms with Crippen molar-refractivity contribution in [3.05, 3.63) is 52.5 Å². The highest BCUT2D eigenvalue weighted by molar-refractivity contribution is 9.10. The van der Waals surface area contributed by atoms with Gasteiger partial charge in [-0.1, -0.05) is 28.1 Å². The quantitative estimate of drug-likeness (QED) is 0.761. The van der Waals surface area contributed by atoms with Crippen molar-refractivity contribution >= 4 is 27.5 Å². The van der Waals surface area contributed by atoms with Crippen LogP contribution in [0.25, 0.3) is 0 Å². The molecular formula is C14H12BrNO3. The molecule has 0 heterocycles. The van der Waals surface area contributed by atoms with E-state index in [0.717, 1.165) is 4.47 Å². The van der Waals surface area contributed by atoms with Gasteiger partial charge in [-0.15, -0.1) is 0 Å². The minimum absolute atomic E-state index is 0.125. The van der Waals surface area contributed by atoms with Gasteiger partial charge in [0.15, 0.2) is 11.5 Å². The first kappa shape index (κ1) is 13.4. The van der Waals surface area contributed by atoms with Gasteiger partial charge in [-0.05, 0) is 35.9 Å². The van der Waals surface area contributed by atoms with Gasteiger partial charge in [-0.25, -0.2) is 0 Å². The van der Waals surface area contributed by atoms with Crippen LogP contribution in [0.1, 0.15) is 5.56 Å². The lowest BCUT2D eigenvalue weighted by Crippen LogP contribution is -2.14. The number of rotatable bonds is 3. The summed E-state index contributed by atoms with van der Waals surface area (Å²) in [5.74, 6) is -0.618. The summed E-state index contributed by atoms with van der Waals surface area (Å²) in [5.41, 5.74) is 1.32. The summed E-state index contributed by atoms with van der Waals surface area (Å²) in [6.45, 7) is 0. The maximum Gasteiger partial charge on any atom is 0.228 e. The van der Waals surface area contributed by atoms with Crippen LogP contribution in [-0.2, 0) is 11.2 Å². The van der Waals surface area contributed by atoms with Crippen molar-refractivity contribution in [2.75, 3.05) is 5.32 Å². The number of hydrogen-bond acceptors (Lipinski definition) is 3. The Morgan fingerprint density at radius 3 is 2.58 bits per heavy atom. The molecule has 0 atom stereocenters. The van der Waals surface area contributed by atoms with E-state index in [1.807, 2.05) is 12.1 Å². The number of carbonyl (C=O) groups is 1. The Hall–Kier alpha value is -2.01. The molecule has 0 aromatic heterocycles. The number of phenolic OH excluding ortho intramolecular Hbond substituents is 2. The summed E-state index contributed by atoms with van der Waals surface area (Å²) < 4.78 is 0.882. The van der Waals surface area contributed by atoms with Crippen LogP contribution in [-0.4, -0.2) is 16.1 Å².